The van der Waals surface area contributed by atoms with E-state index < -0.39 is 0 Å². The van der Waals surface area contributed by atoms with Gasteiger partial charge in [0.2, 0.25) is 5.62 Å². The Hall–Kier alpha value is -4.00. The molecule has 0 aliphatic heterocycles. The zero-order chi connectivity index (χ0) is 24.5. The maximum absolute atomic E-state index is 13.6. The molecular formula is C28H30N6O. The average molecular weight is 467 g/mol. The predicted octanol–water partition coefficient (Wildman–Crippen LogP) is 4.31. The van der Waals surface area contributed by atoms with Crippen molar-refractivity contribution in [1.29, 1.82) is 5.41 Å². The lowest BCUT2D eigenvalue weighted by molar-refractivity contribution is 0.0930. The molecular weight excluding hydrogens is 436 g/mol. The zero-order valence-electron chi connectivity index (χ0n) is 20.3. The van der Waals surface area contributed by atoms with Crippen LogP contribution in [0.2, 0.25) is 0 Å². The summed E-state index contributed by atoms with van der Waals surface area (Å²) in [6, 6.07) is 13.8. The van der Waals surface area contributed by atoms with E-state index in [1.165, 1.54) is 0 Å². The van der Waals surface area contributed by atoms with Gasteiger partial charge in [-0.05, 0) is 85.7 Å². The van der Waals surface area contributed by atoms with Gasteiger partial charge in [-0.1, -0.05) is 6.07 Å². The standard InChI is InChI=1S/C28H30N6O/c1-18-8-10-31-25(13-18)26(21-6-7-21)32-27(35)23-15-20(17-34-12-11-33(3)28(34)29)14-22(16-23)24-5-4-9-30-19(24)2/h4-5,8-16,21,26,29H,6-7,17H2,1-3H3,(H,32,35). The third kappa shape index (κ3) is 4.94. The van der Waals surface area contributed by atoms with E-state index in [1.807, 2.05) is 74.4 Å². The van der Waals surface area contributed by atoms with Crippen LogP contribution < -0.4 is 10.9 Å². The van der Waals surface area contributed by atoms with Crippen molar-refractivity contribution in [3.05, 3.63) is 101 Å². The van der Waals surface area contributed by atoms with Crippen LogP contribution in [0.5, 0.6) is 0 Å². The van der Waals surface area contributed by atoms with Gasteiger partial charge < -0.3 is 14.5 Å². The number of rotatable bonds is 7. The van der Waals surface area contributed by atoms with Crippen molar-refractivity contribution >= 4 is 5.91 Å². The maximum Gasteiger partial charge on any atom is 0.251 e. The van der Waals surface area contributed by atoms with E-state index in [9.17, 15) is 4.79 Å². The van der Waals surface area contributed by atoms with Crippen LogP contribution in [0, 0.1) is 25.2 Å². The zero-order valence-corrected chi connectivity index (χ0v) is 20.3. The molecule has 1 aliphatic carbocycles. The van der Waals surface area contributed by atoms with E-state index in [2.05, 4.69) is 27.4 Å². The van der Waals surface area contributed by atoms with Gasteiger partial charge in [-0.3, -0.25) is 20.2 Å². The number of amides is 1. The molecule has 0 saturated heterocycles. The van der Waals surface area contributed by atoms with E-state index in [-0.39, 0.29) is 11.9 Å². The molecule has 1 aliphatic rings. The lowest BCUT2D eigenvalue weighted by Crippen LogP contribution is -2.30. The first-order valence-corrected chi connectivity index (χ1v) is 11.9. The molecule has 0 radical (unpaired) electrons. The molecule has 35 heavy (non-hydrogen) atoms. The fourth-order valence-corrected chi connectivity index (χ4v) is 4.52. The highest BCUT2D eigenvalue weighted by Gasteiger charge is 2.34. The van der Waals surface area contributed by atoms with Crippen molar-refractivity contribution in [2.45, 2.75) is 39.3 Å². The van der Waals surface area contributed by atoms with Crippen molar-refractivity contribution in [3.63, 3.8) is 0 Å². The second-order valence-corrected chi connectivity index (χ2v) is 9.46. The lowest BCUT2D eigenvalue weighted by Gasteiger charge is -2.19. The van der Waals surface area contributed by atoms with Crippen molar-refractivity contribution in [2.24, 2.45) is 13.0 Å². The van der Waals surface area contributed by atoms with Crippen molar-refractivity contribution in [3.8, 4) is 11.1 Å². The Morgan fingerprint density at radius 1 is 1.11 bits per heavy atom. The number of imidazole rings is 1. The van der Waals surface area contributed by atoms with Gasteiger partial charge >= 0.3 is 0 Å². The molecule has 3 aromatic heterocycles. The summed E-state index contributed by atoms with van der Waals surface area (Å²) in [6.07, 6.45) is 9.52. The number of hydrogen-bond donors (Lipinski definition) is 2. The Bertz CT molecular complexity index is 1450. The minimum atomic E-state index is -0.112. The number of carbonyl (C=O) groups is 1. The summed E-state index contributed by atoms with van der Waals surface area (Å²) in [6.45, 7) is 4.52. The number of nitrogens with one attached hydrogen (secondary N) is 2. The molecule has 1 unspecified atom stereocenters. The van der Waals surface area contributed by atoms with E-state index in [0.29, 0.717) is 23.6 Å². The van der Waals surface area contributed by atoms with Gasteiger partial charge in [0.1, 0.15) is 0 Å². The Kier molecular flexibility index (Phi) is 6.07. The minimum Gasteiger partial charge on any atom is -0.343 e. The van der Waals surface area contributed by atoms with Crippen LogP contribution in [0.15, 0.2) is 67.3 Å². The highest BCUT2D eigenvalue weighted by molar-refractivity contribution is 5.96. The molecule has 1 amide bonds. The molecule has 7 heteroatoms. The van der Waals surface area contributed by atoms with Gasteiger partial charge in [-0.2, -0.15) is 0 Å². The summed E-state index contributed by atoms with van der Waals surface area (Å²) in [5.74, 6) is 0.307. The monoisotopic (exact) mass is 466 g/mol. The number of carbonyl (C=O) groups excluding carboxylic acids is 1. The lowest BCUT2D eigenvalue weighted by atomic mass is 9.98. The summed E-state index contributed by atoms with van der Waals surface area (Å²) in [4.78, 5) is 22.6. The summed E-state index contributed by atoms with van der Waals surface area (Å²) >= 11 is 0. The quantitative estimate of drug-likeness (QED) is 0.425. The van der Waals surface area contributed by atoms with Crippen molar-refractivity contribution < 1.29 is 4.79 Å². The maximum atomic E-state index is 13.6. The SMILES string of the molecule is Cc1ccnc(C(NC(=O)c2cc(Cn3ccn(C)c3=N)cc(-c3cccnc3C)c2)C2CC2)c1. The Balaban J connectivity index is 1.52. The summed E-state index contributed by atoms with van der Waals surface area (Å²) in [5.41, 5.74) is 6.85. The fourth-order valence-electron chi connectivity index (χ4n) is 4.52. The average Bonchev–Trinajstić information content (AvgIpc) is 3.64. The number of aromatic nitrogens is 4. The van der Waals surface area contributed by atoms with E-state index in [4.69, 9.17) is 5.41 Å². The third-order valence-electron chi connectivity index (χ3n) is 6.64. The molecule has 0 bridgehead atoms. The third-order valence-corrected chi connectivity index (χ3v) is 6.64. The van der Waals surface area contributed by atoms with Crippen LogP contribution >= 0.6 is 0 Å². The van der Waals surface area contributed by atoms with Crippen LogP contribution in [-0.2, 0) is 13.6 Å². The molecule has 1 fully saturated rings. The van der Waals surface area contributed by atoms with Gasteiger partial charge in [-0.15, -0.1) is 0 Å². The Labute approximate surface area is 205 Å². The molecule has 178 valence electrons. The highest BCUT2D eigenvalue weighted by atomic mass is 16.1. The highest BCUT2D eigenvalue weighted by Crippen LogP contribution is 2.40. The van der Waals surface area contributed by atoms with Gasteiger partial charge in [0, 0.05) is 48.7 Å². The molecule has 0 spiro atoms. The second kappa shape index (κ2) is 9.33. The first-order valence-electron chi connectivity index (χ1n) is 11.9. The summed E-state index contributed by atoms with van der Waals surface area (Å²) in [7, 11) is 1.85. The normalized spacial score (nSPS) is 14.0. The second-order valence-electron chi connectivity index (χ2n) is 9.46. The van der Waals surface area contributed by atoms with Crippen LogP contribution in [0.25, 0.3) is 11.1 Å². The van der Waals surface area contributed by atoms with Gasteiger partial charge in [0.25, 0.3) is 5.91 Å². The molecule has 1 aromatic carbocycles. The molecule has 2 N–H and O–H groups in total. The van der Waals surface area contributed by atoms with Gasteiger partial charge in [0.15, 0.2) is 0 Å². The molecule has 3 heterocycles. The van der Waals surface area contributed by atoms with Crippen LogP contribution in [0.1, 0.15) is 51.8 Å². The number of aryl methyl sites for hydroxylation is 3. The smallest absolute Gasteiger partial charge is 0.251 e. The number of benzene rings is 1. The predicted molar refractivity (Wildman–Crippen MR) is 135 cm³/mol. The molecule has 1 saturated carbocycles. The van der Waals surface area contributed by atoms with Crippen molar-refractivity contribution in [1.82, 2.24) is 24.4 Å². The van der Waals surface area contributed by atoms with E-state index >= 15 is 0 Å². The van der Waals surface area contributed by atoms with Gasteiger partial charge in [-0.25, -0.2) is 0 Å². The first kappa shape index (κ1) is 22.8. The molecule has 7 nitrogen and oxygen atoms in total. The number of nitrogens with zero attached hydrogens (tertiary/aromatic N) is 4. The Morgan fingerprint density at radius 2 is 1.94 bits per heavy atom. The molecule has 5 rings (SSSR count). The summed E-state index contributed by atoms with van der Waals surface area (Å²) in [5, 5.41) is 11.6. The summed E-state index contributed by atoms with van der Waals surface area (Å²) < 4.78 is 3.62. The van der Waals surface area contributed by atoms with Gasteiger partial charge in [0.05, 0.1) is 18.3 Å². The van der Waals surface area contributed by atoms with E-state index in [1.54, 1.807) is 10.8 Å². The van der Waals surface area contributed by atoms with E-state index in [0.717, 1.165) is 46.5 Å². The first-order chi connectivity index (χ1) is 16.9. The number of hydrogen-bond acceptors (Lipinski definition) is 4. The van der Waals surface area contributed by atoms with Crippen LogP contribution in [-0.4, -0.2) is 25.0 Å². The Morgan fingerprint density at radius 3 is 2.63 bits per heavy atom. The van der Waals surface area contributed by atoms with Crippen LogP contribution in [0.4, 0.5) is 0 Å². The van der Waals surface area contributed by atoms with Crippen LogP contribution in [0.3, 0.4) is 0 Å². The van der Waals surface area contributed by atoms with Crippen molar-refractivity contribution in [2.75, 3.05) is 0 Å². The largest absolute Gasteiger partial charge is 0.343 e. The number of pyridine rings is 2. The fraction of sp³-hybridized carbons (Fsp3) is 0.286. The molecule has 1 atom stereocenters. The molecule has 4 aromatic rings. The minimum absolute atomic E-state index is 0.0991. The topological polar surface area (TPSA) is 88.6 Å².